The molecule has 0 amide bonds. The molecule has 6 heteroatoms. The Morgan fingerprint density at radius 2 is 2.27 bits per heavy atom. The van der Waals surface area contributed by atoms with E-state index in [0.717, 1.165) is 0 Å². The fourth-order valence-corrected chi connectivity index (χ4v) is 1.39. The van der Waals surface area contributed by atoms with Crippen LogP contribution in [0.1, 0.15) is 10.5 Å². The van der Waals surface area contributed by atoms with E-state index in [0.29, 0.717) is 16.9 Å². The van der Waals surface area contributed by atoms with E-state index in [1.807, 2.05) is 0 Å². The van der Waals surface area contributed by atoms with Crippen LogP contribution in [-0.2, 0) is 7.05 Å². The van der Waals surface area contributed by atoms with Gasteiger partial charge < -0.3 is 9.84 Å². The number of aromatic carboxylic acids is 1. The smallest absolute Gasteiger partial charge is 0.357 e. The van der Waals surface area contributed by atoms with Crippen molar-refractivity contribution in [3.8, 4) is 5.88 Å². The molecule has 0 spiro atoms. The number of hydrogen-bond acceptors (Lipinski definition) is 4. The quantitative estimate of drug-likeness (QED) is 0.783. The van der Waals surface area contributed by atoms with Gasteiger partial charge in [-0.2, -0.15) is 10.1 Å². The second-order valence-corrected chi connectivity index (χ2v) is 3.00. The molecule has 1 N–H and O–H groups in total. The van der Waals surface area contributed by atoms with Gasteiger partial charge in [0.05, 0.1) is 12.5 Å². The van der Waals surface area contributed by atoms with Gasteiger partial charge in [-0.1, -0.05) is 0 Å². The fourth-order valence-electron chi connectivity index (χ4n) is 1.39. The van der Waals surface area contributed by atoms with Crippen LogP contribution in [0, 0.1) is 0 Å². The summed E-state index contributed by atoms with van der Waals surface area (Å²) in [5, 5.41) is 13.3. The van der Waals surface area contributed by atoms with Gasteiger partial charge in [-0.25, -0.2) is 9.48 Å². The molecule has 0 saturated heterocycles. The number of rotatable bonds is 2. The molecule has 6 nitrogen and oxygen atoms in total. The Bertz CT molecular complexity index is 533. The number of ether oxygens (including phenoxy) is 1. The molecule has 0 saturated carbocycles. The van der Waals surface area contributed by atoms with E-state index < -0.39 is 5.97 Å². The molecule has 0 aliphatic heterocycles. The largest absolute Gasteiger partial charge is 0.481 e. The summed E-state index contributed by atoms with van der Waals surface area (Å²) in [6, 6.07) is 3.24. The van der Waals surface area contributed by atoms with E-state index in [1.54, 1.807) is 19.2 Å². The molecule has 0 radical (unpaired) electrons. The summed E-state index contributed by atoms with van der Waals surface area (Å²) in [5.41, 5.74) is 0.495. The highest BCUT2D eigenvalue weighted by molar-refractivity contribution is 6.00. The van der Waals surface area contributed by atoms with Gasteiger partial charge in [0.1, 0.15) is 0 Å². The minimum absolute atomic E-state index is 0.00246. The van der Waals surface area contributed by atoms with Crippen molar-refractivity contribution in [2.75, 3.05) is 7.11 Å². The lowest BCUT2D eigenvalue weighted by atomic mass is 10.2. The van der Waals surface area contributed by atoms with Crippen molar-refractivity contribution in [2.45, 2.75) is 0 Å². The van der Waals surface area contributed by atoms with Crippen LogP contribution in [0.5, 0.6) is 5.88 Å². The monoisotopic (exact) mass is 207 g/mol. The lowest BCUT2D eigenvalue weighted by molar-refractivity contribution is 0.0691. The Morgan fingerprint density at radius 3 is 2.87 bits per heavy atom. The maximum absolute atomic E-state index is 10.8. The molecule has 2 aromatic heterocycles. The molecule has 2 aromatic rings. The summed E-state index contributed by atoms with van der Waals surface area (Å²) < 4.78 is 6.37. The number of carboxylic acid groups (broad SMARTS) is 1. The summed E-state index contributed by atoms with van der Waals surface area (Å²) in [6.45, 7) is 0. The molecular formula is C9H9N3O3. The summed E-state index contributed by atoms with van der Waals surface area (Å²) >= 11 is 0. The Kier molecular flexibility index (Phi) is 2.03. The summed E-state index contributed by atoms with van der Waals surface area (Å²) in [6.07, 6.45) is 0. The number of fused-ring (bicyclic) bond motifs is 1. The zero-order chi connectivity index (χ0) is 11.0. The molecule has 0 aromatic carbocycles. The van der Waals surface area contributed by atoms with Gasteiger partial charge in [-0.05, 0) is 6.07 Å². The summed E-state index contributed by atoms with van der Waals surface area (Å²) in [5.74, 6) is -0.630. The predicted octanol–water partition coefficient (Wildman–Crippen LogP) is 0.675. The number of methoxy groups -OCH3 is 1. The van der Waals surface area contributed by atoms with Gasteiger partial charge in [0, 0.05) is 13.1 Å². The van der Waals surface area contributed by atoms with Crippen molar-refractivity contribution < 1.29 is 14.6 Å². The van der Waals surface area contributed by atoms with Crippen LogP contribution in [0.2, 0.25) is 0 Å². The third-order valence-corrected chi connectivity index (χ3v) is 2.07. The van der Waals surface area contributed by atoms with Crippen molar-refractivity contribution in [3.63, 3.8) is 0 Å². The molecule has 2 heterocycles. The average Bonchev–Trinajstić information content (AvgIpc) is 2.56. The zero-order valence-corrected chi connectivity index (χ0v) is 8.26. The SMILES string of the molecule is COc1ccc2c(C(=O)O)nn(C)c2n1. The van der Waals surface area contributed by atoms with Gasteiger partial charge >= 0.3 is 5.97 Å². The minimum Gasteiger partial charge on any atom is -0.481 e. The molecule has 0 aliphatic rings. The standard InChI is InChI=1S/C9H9N3O3/c1-12-8-5(7(11-12)9(13)14)3-4-6(10-8)15-2/h3-4H,1-2H3,(H,13,14). The highest BCUT2D eigenvalue weighted by atomic mass is 16.5. The molecule has 0 atom stereocenters. The van der Waals surface area contributed by atoms with Gasteiger partial charge in [0.25, 0.3) is 0 Å². The maximum Gasteiger partial charge on any atom is 0.357 e. The zero-order valence-electron chi connectivity index (χ0n) is 8.26. The third kappa shape index (κ3) is 1.39. The van der Waals surface area contributed by atoms with E-state index >= 15 is 0 Å². The van der Waals surface area contributed by atoms with Crippen molar-refractivity contribution in [1.29, 1.82) is 0 Å². The first-order chi connectivity index (χ1) is 7.13. The van der Waals surface area contributed by atoms with E-state index in [-0.39, 0.29) is 5.69 Å². The molecular weight excluding hydrogens is 198 g/mol. The van der Waals surface area contributed by atoms with E-state index in [4.69, 9.17) is 9.84 Å². The van der Waals surface area contributed by atoms with Crippen LogP contribution < -0.4 is 4.74 Å². The number of pyridine rings is 1. The van der Waals surface area contributed by atoms with Gasteiger partial charge in [-0.15, -0.1) is 0 Å². The van der Waals surface area contributed by atoms with Crippen LogP contribution in [0.4, 0.5) is 0 Å². The number of nitrogens with zero attached hydrogens (tertiary/aromatic N) is 3. The first-order valence-corrected chi connectivity index (χ1v) is 4.24. The normalized spacial score (nSPS) is 10.5. The highest BCUT2D eigenvalue weighted by Crippen LogP contribution is 2.19. The highest BCUT2D eigenvalue weighted by Gasteiger charge is 2.15. The molecule has 0 bridgehead atoms. The first kappa shape index (κ1) is 9.45. The van der Waals surface area contributed by atoms with E-state index in [2.05, 4.69) is 10.1 Å². The fraction of sp³-hybridized carbons (Fsp3) is 0.222. The average molecular weight is 207 g/mol. The van der Waals surface area contributed by atoms with E-state index in [9.17, 15) is 4.79 Å². The Balaban J connectivity index is 2.75. The van der Waals surface area contributed by atoms with Crippen LogP contribution in [0.15, 0.2) is 12.1 Å². The number of carboxylic acids is 1. The van der Waals surface area contributed by atoms with Gasteiger partial charge in [-0.3, -0.25) is 0 Å². The minimum atomic E-state index is -1.06. The molecule has 15 heavy (non-hydrogen) atoms. The Labute approximate surface area is 85.1 Å². The first-order valence-electron chi connectivity index (χ1n) is 4.24. The molecule has 2 rings (SSSR count). The van der Waals surface area contributed by atoms with Crippen LogP contribution in [-0.4, -0.2) is 33.0 Å². The number of aryl methyl sites for hydroxylation is 1. The van der Waals surface area contributed by atoms with Crippen molar-refractivity contribution in [1.82, 2.24) is 14.8 Å². The third-order valence-electron chi connectivity index (χ3n) is 2.07. The van der Waals surface area contributed by atoms with Crippen molar-refractivity contribution in [2.24, 2.45) is 7.05 Å². The van der Waals surface area contributed by atoms with Crippen molar-refractivity contribution in [3.05, 3.63) is 17.8 Å². The lowest BCUT2D eigenvalue weighted by Crippen LogP contribution is -1.99. The van der Waals surface area contributed by atoms with Gasteiger partial charge in [0.2, 0.25) is 5.88 Å². The van der Waals surface area contributed by atoms with Crippen LogP contribution in [0.25, 0.3) is 11.0 Å². The number of hydrogen-bond donors (Lipinski definition) is 1. The summed E-state index contributed by atoms with van der Waals surface area (Å²) in [4.78, 5) is 15.0. The van der Waals surface area contributed by atoms with Crippen molar-refractivity contribution >= 4 is 17.0 Å². The van der Waals surface area contributed by atoms with E-state index in [1.165, 1.54) is 11.8 Å². The van der Waals surface area contributed by atoms with Crippen LogP contribution in [0.3, 0.4) is 0 Å². The molecule has 0 unspecified atom stereocenters. The molecule has 0 fully saturated rings. The maximum atomic E-state index is 10.8. The Hall–Kier alpha value is -2.11. The Morgan fingerprint density at radius 1 is 1.53 bits per heavy atom. The number of carbonyl (C=O) groups is 1. The summed E-state index contributed by atoms with van der Waals surface area (Å²) in [7, 11) is 3.14. The second kappa shape index (κ2) is 3.23. The predicted molar refractivity (Wildman–Crippen MR) is 52.0 cm³/mol. The topological polar surface area (TPSA) is 77.2 Å². The van der Waals surface area contributed by atoms with Crippen LogP contribution >= 0.6 is 0 Å². The molecule has 78 valence electrons. The molecule has 0 aliphatic carbocycles. The van der Waals surface area contributed by atoms with Gasteiger partial charge in [0.15, 0.2) is 11.3 Å². The number of aromatic nitrogens is 3. The second-order valence-electron chi connectivity index (χ2n) is 3.00. The lowest BCUT2D eigenvalue weighted by Gasteiger charge is -1.98.